The molecule has 0 saturated heterocycles. The number of nitriles is 1. The van der Waals surface area contributed by atoms with Crippen molar-refractivity contribution in [1.82, 2.24) is 5.32 Å². The lowest BCUT2D eigenvalue weighted by Gasteiger charge is -2.22. The Kier molecular flexibility index (Phi) is 6.04. The van der Waals surface area contributed by atoms with Crippen LogP contribution in [0.5, 0.6) is 11.5 Å². The normalized spacial score (nSPS) is 10.6. The molecule has 1 aromatic rings. The van der Waals surface area contributed by atoms with E-state index in [1.54, 1.807) is 26.4 Å². The minimum Gasteiger partial charge on any atom is -0.497 e. The number of benzene rings is 1. The molecule has 0 atom stereocenters. The molecule has 21 heavy (non-hydrogen) atoms. The van der Waals surface area contributed by atoms with E-state index in [9.17, 15) is 10.1 Å². The number of hydrogen-bond donors (Lipinski definition) is 1. The van der Waals surface area contributed by atoms with Gasteiger partial charge in [-0.3, -0.25) is 4.79 Å². The van der Waals surface area contributed by atoms with Gasteiger partial charge in [-0.2, -0.15) is 5.26 Å². The van der Waals surface area contributed by atoms with Gasteiger partial charge in [0.25, 0.3) is 0 Å². The quantitative estimate of drug-likeness (QED) is 0.838. The molecule has 1 amide bonds. The van der Waals surface area contributed by atoms with E-state index >= 15 is 0 Å². The van der Waals surface area contributed by atoms with Crippen LogP contribution in [0.3, 0.4) is 0 Å². The second kappa shape index (κ2) is 7.53. The van der Waals surface area contributed by atoms with Crippen LogP contribution in [0, 0.1) is 16.7 Å². The number of rotatable bonds is 7. The molecule has 5 nitrogen and oxygen atoms in total. The fourth-order valence-corrected chi connectivity index (χ4v) is 2.12. The molecule has 0 fully saturated rings. The van der Waals surface area contributed by atoms with E-state index in [4.69, 9.17) is 9.47 Å². The van der Waals surface area contributed by atoms with Crippen LogP contribution in [-0.4, -0.2) is 20.1 Å². The number of carbonyl (C=O) groups is 1. The Bertz CT molecular complexity index is 531. The van der Waals surface area contributed by atoms with E-state index in [-0.39, 0.29) is 5.91 Å². The zero-order valence-corrected chi connectivity index (χ0v) is 13.0. The van der Waals surface area contributed by atoms with Crippen molar-refractivity contribution in [2.45, 2.75) is 33.2 Å². The maximum Gasteiger partial charge on any atom is 0.240 e. The SMILES string of the molecule is CCC(C#N)(CC)C(=O)NCc1ccc(OC)cc1OC. The van der Waals surface area contributed by atoms with Crippen LogP contribution in [0.15, 0.2) is 18.2 Å². The highest BCUT2D eigenvalue weighted by molar-refractivity contribution is 5.85. The Morgan fingerprint density at radius 2 is 1.95 bits per heavy atom. The summed E-state index contributed by atoms with van der Waals surface area (Å²) in [5.41, 5.74) is -0.120. The number of carbonyl (C=O) groups excluding carboxylic acids is 1. The topological polar surface area (TPSA) is 71.4 Å². The number of amides is 1. The molecule has 0 spiro atoms. The minimum atomic E-state index is -0.959. The third kappa shape index (κ3) is 3.66. The summed E-state index contributed by atoms with van der Waals surface area (Å²) in [6.45, 7) is 4.01. The second-order valence-electron chi connectivity index (χ2n) is 4.76. The molecule has 1 aromatic carbocycles. The largest absolute Gasteiger partial charge is 0.497 e. The van der Waals surface area contributed by atoms with Crippen LogP contribution in [0.1, 0.15) is 32.3 Å². The van der Waals surface area contributed by atoms with Gasteiger partial charge in [0.2, 0.25) is 5.91 Å². The van der Waals surface area contributed by atoms with Crippen LogP contribution >= 0.6 is 0 Å². The predicted octanol–water partition coefficient (Wildman–Crippen LogP) is 2.65. The average Bonchev–Trinajstić information content (AvgIpc) is 2.54. The van der Waals surface area contributed by atoms with E-state index in [2.05, 4.69) is 11.4 Å². The second-order valence-corrected chi connectivity index (χ2v) is 4.76. The van der Waals surface area contributed by atoms with E-state index in [1.165, 1.54) is 0 Å². The third-order valence-corrected chi connectivity index (χ3v) is 3.79. The standard InChI is InChI=1S/C16H22N2O3/c1-5-16(6-2,11-17)15(19)18-10-12-7-8-13(20-3)9-14(12)21-4/h7-9H,5-6,10H2,1-4H3,(H,18,19). The maximum atomic E-state index is 12.3. The molecule has 114 valence electrons. The van der Waals surface area contributed by atoms with Crippen molar-refractivity contribution in [3.05, 3.63) is 23.8 Å². The van der Waals surface area contributed by atoms with Gasteiger partial charge in [-0.25, -0.2) is 0 Å². The molecule has 0 saturated carbocycles. The summed E-state index contributed by atoms with van der Waals surface area (Å²) in [4.78, 5) is 12.3. The van der Waals surface area contributed by atoms with Gasteiger partial charge in [-0.05, 0) is 25.0 Å². The summed E-state index contributed by atoms with van der Waals surface area (Å²) in [6.07, 6.45) is 0.983. The third-order valence-electron chi connectivity index (χ3n) is 3.79. The predicted molar refractivity (Wildman–Crippen MR) is 80.0 cm³/mol. The average molecular weight is 290 g/mol. The highest BCUT2D eigenvalue weighted by Gasteiger charge is 2.34. The van der Waals surface area contributed by atoms with Crippen LogP contribution < -0.4 is 14.8 Å². The van der Waals surface area contributed by atoms with Gasteiger partial charge in [-0.15, -0.1) is 0 Å². The number of nitrogens with zero attached hydrogens (tertiary/aromatic N) is 1. The van der Waals surface area contributed by atoms with E-state index in [1.807, 2.05) is 19.9 Å². The highest BCUT2D eigenvalue weighted by Crippen LogP contribution is 2.27. The summed E-state index contributed by atoms with van der Waals surface area (Å²) in [7, 11) is 3.15. The van der Waals surface area contributed by atoms with Crippen molar-refractivity contribution in [3.63, 3.8) is 0 Å². The molecule has 0 bridgehead atoms. The van der Waals surface area contributed by atoms with Crippen LogP contribution in [0.4, 0.5) is 0 Å². The molecular formula is C16H22N2O3. The molecule has 0 radical (unpaired) electrons. The van der Waals surface area contributed by atoms with Crippen molar-refractivity contribution in [1.29, 1.82) is 5.26 Å². The molecule has 1 N–H and O–H groups in total. The Morgan fingerprint density at radius 3 is 2.43 bits per heavy atom. The van der Waals surface area contributed by atoms with Gasteiger partial charge >= 0.3 is 0 Å². The lowest BCUT2D eigenvalue weighted by molar-refractivity contribution is -0.128. The molecule has 5 heteroatoms. The molecule has 0 aromatic heterocycles. The number of nitrogens with one attached hydrogen (secondary N) is 1. The van der Waals surface area contributed by atoms with E-state index < -0.39 is 5.41 Å². The zero-order valence-electron chi connectivity index (χ0n) is 13.0. The highest BCUT2D eigenvalue weighted by atomic mass is 16.5. The molecule has 0 heterocycles. The Morgan fingerprint density at radius 1 is 1.29 bits per heavy atom. The van der Waals surface area contributed by atoms with Crippen LogP contribution in [0.2, 0.25) is 0 Å². The monoisotopic (exact) mass is 290 g/mol. The molecule has 0 aliphatic carbocycles. The van der Waals surface area contributed by atoms with Crippen molar-refractivity contribution in [2.24, 2.45) is 5.41 Å². The first-order valence-electron chi connectivity index (χ1n) is 6.97. The maximum absolute atomic E-state index is 12.3. The Hall–Kier alpha value is -2.22. The summed E-state index contributed by atoms with van der Waals surface area (Å²) < 4.78 is 10.4. The van der Waals surface area contributed by atoms with E-state index in [0.29, 0.717) is 30.9 Å². The first-order chi connectivity index (χ1) is 10.1. The van der Waals surface area contributed by atoms with Crippen molar-refractivity contribution in [2.75, 3.05) is 14.2 Å². The van der Waals surface area contributed by atoms with Gasteiger partial charge in [0, 0.05) is 18.2 Å². The van der Waals surface area contributed by atoms with Gasteiger partial charge in [0.1, 0.15) is 16.9 Å². The molecular weight excluding hydrogens is 268 g/mol. The van der Waals surface area contributed by atoms with Crippen molar-refractivity contribution in [3.8, 4) is 17.6 Å². The number of hydrogen-bond acceptors (Lipinski definition) is 4. The lowest BCUT2D eigenvalue weighted by Crippen LogP contribution is -2.39. The van der Waals surface area contributed by atoms with Crippen molar-refractivity contribution < 1.29 is 14.3 Å². The van der Waals surface area contributed by atoms with Gasteiger partial charge in [-0.1, -0.05) is 13.8 Å². The van der Waals surface area contributed by atoms with Gasteiger partial charge in [0.05, 0.1) is 20.3 Å². The van der Waals surface area contributed by atoms with Crippen LogP contribution in [-0.2, 0) is 11.3 Å². The molecule has 0 unspecified atom stereocenters. The zero-order chi connectivity index (χ0) is 15.9. The van der Waals surface area contributed by atoms with Crippen molar-refractivity contribution >= 4 is 5.91 Å². The smallest absolute Gasteiger partial charge is 0.240 e. The van der Waals surface area contributed by atoms with Gasteiger partial charge < -0.3 is 14.8 Å². The molecule has 0 aliphatic rings. The van der Waals surface area contributed by atoms with Crippen LogP contribution in [0.25, 0.3) is 0 Å². The minimum absolute atomic E-state index is 0.243. The summed E-state index contributed by atoms with van der Waals surface area (Å²) in [6, 6.07) is 7.54. The molecule has 0 aliphatic heterocycles. The fourth-order valence-electron chi connectivity index (χ4n) is 2.12. The number of methoxy groups -OCH3 is 2. The van der Waals surface area contributed by atoms with Gasteiger partial charge in [0.15, 0.2) is 0 Å². The first kappa shape index (κ1) is 16.8. The molecule has 1 rings (SSSR count). The fraction of sp³-hybridized carbons (Fsp3) is 0.500. The summed E-state index contributed by atoms with van der Waals surface area (Å²) in [5.74, 6) is 1.09. The first-order valence-corrected chi connectivity index (χ1v) is 6.97. The number of ether oxygens (including phenoxy) is 2. The van der Waals surface area contributed by atoms with E-state index in [0.717, 1.165) is 5.56 Å². The summed E-state index contributed by atoms with van der Waals surface area (Å²) in [5, 5.41) is 12.1. The Balaban J connectivity index is 2.84. The lowest BCUT2D eigenvalue weighted by atomic mass is 9.83. The summed E-state index contributed by atoms with van der Waals surface area (Å²) >= 11 is 0. The Labute approximate surface area is 125 Å².